The van der Waals surface area contributed by atoms with E-state index in [-0.39, 0.29) is 46.0 Å². The molecular formula is C41H27ClFeNiP2. The van der Waals surface area contributed by atoms with Crippen molar-refractivity contribution in [2.24, 2.45) is 0 Å². The van der Waals surface area contributed by atoms with Crippen molar-refractivity contribution in [3.63, 3.8) is 0 Å². The van der Waals surface area contributed by atoms with Gasteiger partial charge in [0, 0.05) is 0 Å². The Morgan fingerprint density at radius 2 is 0.804 bits per heavy atom. The summed E-state index contributed by atoms with van der Waals surface area (Å²) in [6.45, 7) is 2.03. The maximum atomic E-state index is 3.13. The van der Waals surface area contributed by atoms with Gasteiger partial charge in [-0.1, -0.05) is 139 Å². The molecule has 2 aliphatic carbocycles. The maximum absolute atomic E-state index is 3.13. The zero-order chi connectivity index (χ0) is 29.5. The number of aryl methyl sites for hydroxylation is 1. The fourth-order valence-corrected chi connectivity index (χ4v) is 8.43. The minimum atomic E-state index is -0.583. The van der Waals surface area contributed by atoms with Crippen molar-refractivity contribution in [2.45, 2.75) is 6.92 Å². The summed E-state index contributed by atoms with van der Waals surface area (Å²) >= 11 is 0. The molecule has 0 bridgehead atoms. The van der Waals surface area contributed by atoms with Gasteiger partial charge in [-0.25, -0.2) is 11.5 Å². The van der Waals surface area contributed by atoms with E-state index in [0.29, 0.717) is 0 Å². The molecule has 0 radical (unpaired) electrons. The molecule has 0 nitrogen and oxygen atoms in total. The number of benzene rings is 5. The Bertz CT molecular complexity index is 1720. The molecule has 0 saturated heterocycles. The van der Waals surface area contributed by atoms with Gasteiger partial charge in [0.2, 0.25) is 0 Å². The first-order chi connectivity index (χ1) is 21.3. The molecule has 7 rings (SSSR count). The van der Waals surface area contributed by atoms with Crippen LogP contribution in [-0.2, 0) is 33.6 Å². The summed E-state index contributed by atoms with van der Waals surface area (Å²) in [5.74, 6) is 0. The first-order valence-electron chi connectivity index (χ1n) is 13.8. The molecule has 5 aromatic rings. The van der Waals surface area contributed by atoms with Crippen molar-refractivity contribution in [3.8, 4) is 0 Å². The Hall–Kier alpha value is -3.58. The Balaban J connectivity index is 0.000000252. The van der Waals surface area contributed by atoms with Gasteiger partial charge in [0.05, 0.1) is 0 Å². The molecule has 0 aromatic heterocycles. The van der Waals surface area contributed by atoms with Crippen LogP contribution in [0.1, 0.15) is 5.56 Å². The minimum absolute atomic E-state index is 0. The average Bonchev–Trinajstić information content (AvgIpc) is 3.81. The SMILES string of the molecule is C1=C=[C-]C(P(c2ccccc2)c2ccccc2)=C=1.C1=C=[C-]C(P(c2ccccc2)c2ccccc2)=C=1.Cc1[c-]cccc1.[Cl-].[Fe+2].[Ni+2]. The quantitative estimate of drug-likeness (QED) is 0.0956. The van der Waals surface area contributed by atoms with Gasteiger partial charge in [0.25, 0.3) is 0 Å². The molecule has 0 unspecified atom stereocenters. The van der Waals surface area contributed by atoms with Crippen molar-refractivity contribution in [1.29, 1.82) is 0 Å². The Labute approximate surface area is 302 Å². The van der Waals surface area contributed by atoms with Gasteiger partial charge in [-0.2, -0.15) is 35.9 Å². The summed E-state index contributed by atoms with van der Waals surface area (Å²) in [6, 6.07) is 53.0. The van der Waals surface area contributed by atoms with Crippen LogP contribution in [0.15, 0.2) is 191 Å². The largest absolute Gasteiger partial charge is 2.00 e. The van der Waals surface area contributed by atoms with Gasteiger partial charge in [0.15, 0.2) is 0 Å². The van der Waals surface area contributed by atoms with E-state index in [2.05, 4.69) is 150 Å². The number of hydrogen-bond donors (Lipinski definition) is 0. The predicted octanol–water partition coefficient (Wildman–Crippen LogP) is 5.36. The van der Waals surface area contributed by atoms with Gasteiger partial charge >= 0.3 is 33.6 Å². The van der Waals surface area contributed by atoms with Crippen LogP contribution in [0, 0.1) is 25.1 Å². The second-order valence-corrected chi connectivity index (χ2v) is 13.6. The molecule has 5 heteroatoms. The summed E-state index contributed by atoms with van der Waals surface area (Å²) in [5, 5.41) is 7.33. The van der Waals surface area contributed by atoms with E-state index in [1.165, 1.54) is 26.8 Å². The van der Waals surface area contributed by atoms with Crippen molar-refractivity contribution in [3.05, 3.63) is 214 Å². The molecule has 0 atom stereocenters. The maximum Gasteiger partial charge on any atom is 2.00 e. The molecule has 0 spiro atoms. The van der Waals surface area contributed by atoms with Crippen molar-refractivity contribution in [2.75, 3.05) is 0 Å². The topological polar surface area (TPSA) is 0 Å². The van der Waals surface area contributed by atoms with Crippen molar-refractivity contribution in [1.82, 2.24) is 0 Å². The summed E-state index contributed by atoms with van der Waals surface area (Å²) in [6.07, 6.45) is 6.25. The molecule has 0 saturated carbocycles. The zero-order valence-electron chi connectivity index (χ0n) is 24.8. The molecule has 46 heavy (non-hydrogen) atoms. The van der Waals surface area contributed by atoms with E-state index in [0.717, 1.165) is 10.6 Å². The third-order valence-electron chi connectivity index (χ3n) is 6.22. The molecule has 2 aliphatic rings. The summed E-state index contributed by atoms with van der Waals surface area (Å²) < 4.78 is 0. The average molecular weight is 732 g/mol. The van der Waals surface area contributed by atoms with E-state index in [1.807, 2.05) is 55.5 Å². The molecule has 5 aromatic carbocycles. The molecule has 0 N–H and O–H groups in total. The predicted molar refractivity (Wildman–Crippen MR) is 183 cm³/mol. The monoisotopic (exact) mass is 730 g/mol. The smallest absolute Gasteiger partial charge is 1.00 e. The Morgan fingerprint density at radius 3 is 1.02 bits per heavy atom. The zero-order valence-corrected chi connectivity index (χ0v) is 29.4. The van der Waals surface area contributed by atoms with E-state index >= 15 is 0 Å². The van der Waals surface area contributed by atoms with Gasteiger partial charge in [-0.15, -0.1) is 12.2 Å². The first kappa shape index (κ1) is 38.6. The number of halogens is 1. The van der Waals surface area contributed by atoms with Crippen LogP contribution in [0.25, 0.3) is 0 Å². The van der Waals surface area contributed by atoms with Gasteiger partial charge < -0.3 is 12.4 Å². The number of hydrogen-bond acceptors (Lipinski definition) is 0. The van der Waals surface area contributed by atoms with Gasteiger partial charge in [-0.3, -0.25) is 22.9 Å². The second-order valence-electron chi connectivity index (χ2n) is 9.26. The van der Waals surface area contributed by atoms with Crippen LogP contribution < -0.4 is 33.6 Å². The Kier molecular flexibility index (Phi) is 17.8. The third kappa shape index (κ3) is 11.3. The van der Waals surface area contributed by atoms with Crippen LogP contribution in [0.4, 0.5) is 0 Å². The first-order valence-corrected chi connectivity index (χ1v) is 16.5. The molecule has 0 heterocycles. The molecule has 226 valence electrons. The molecule has 0 amide bonds. The number of allylic oxidation sites excluding steroid dienone is 4. The van der Waals surface area contributed by atoms with Crippen molar-refractivity contribution < 1.29 is 46.0 Å². The van der Waals surface area contributed by atoms with Crippen LogP contribution in [0.5, 0.6) is 0 Å². The van der Waals surface area contributed by atoms with Crippen LogP contribution in [-0.4, -0.2) is 0 Å². The van der Waals surface area contributed by atoms with E-state index in [1.54, 1.807) is 0 Å². The second kappa shape index (κ2) is 21.3. The fourth-order valence-electron chi connectivity index (χ4n) is 4.25. The van der Waals surface area contributed by atoms with E-state index in [4.69, 9.17) is 0 Å². The Morgan fingerprint density at radius 1 is 0.478 bits per heavy atom. The summed E-state index contributed by atoms with van der Waals surface area (Å²) in [5.41, 5.74) is 18.9. The molecule has 0 aliphatic heterocycles. The summed E-state index contributed by atoms with van der Waals surface area (Å²) in [7, 11) is -1.17. The molecular weight excluding hydrogens is 704 g/mol. The van der Waals surface area contributed by atoms with Crippen molar-refractivity contribution >= 4 is 37.1 Å². The minimum Gasteiger partial charge on any atom is -1.00 e. The van der Waals surface area contributed by atoms with Crippen LogP contribution in [0.3, 0.4) is 0 Å². The van der Waals surface area contributed by atoms with Crippen LogP contribution >= 0.6 is 15.8 Å². The standard InChI is InChI=1S/2C17H10P.C7H7.ClH.Fe.Ni/c2*1-3-9-15(10-4-1)18(17-13-7-8-14-17)16-11-5-2-6-12-16;1-7-5-3-2-4-6-7;;;/h2*1-6,9-12H;2-5H,1H3;1H;;/q3*-1;;2*+2/p-1. The van der Waals surface area contributed by atoms with Gasteiger partial charge in [-0.05, 0) is 37.1 Å². The van der Waals surface area contributed by atoms with Gasteiger partial charge in [0.1, 0.15) is 0 Å². The normalized spacial score (nSPS) is 10.8. The summed E-state index contributed by atoms with van der Waals surface area (Å²) in [4.78, 5) is 0. The van der Waals surface area contributed by atoms with Crippen LogP contribution in [0.2, 0.25) is 0 Å². The number of rotatable bonds is 6. The molecule has 0 fully saturated rings. The van der Waals surface area contributed by atoms with E-state index < -0.39 is 15.8 Å². The fraction of sp³-hybridized carbons (Fsp3) is 0.0244. The third-order valence-corrected chi connectivity index (χ3v) is 10.8. The van der Waals surface area contributed by atoms with E-state index in [9.17, 15) is 0 Å².